The van der Waals surface area contributed by atoms with Crippen LogP contribution in [0.15, 0.2) is 0 Å². The molecule has 5 heteroatoms. The van der Waals surface area contributed by atoms with Gasteiger partial charge >= 0.3 is 0 Å². The van der Waals surface area contributed by atoms with E-state index >= 15 is 0 Å². The van der Waals surface area contributed by atoms with Crippen LogP contribution in [-0.4, -0.2) is 30.1 Å². The number of nitrogens with one attached hydrogen (secondary N) is 1. The number of aromatic nitrogens is 2. The van der Waals surface area contributed by atoms with Crippen molar-refractivity contribution >= 4 is 11.6 Å². The summed E-state index contributed by atoms with van der Waals surface area (Å²) in [4.78, 5) is 11.5. The Morgan fingerprint density at radius 3 is 2.38 bits per heavy atom. The number of anilines is 2. The molecule has 0 fully saturated rings. The molecule has 0 bridgehead atoms. The summed E-state index contributed by atoms with van der Waals surface area (Å²) in [5, 5.41) is 12.0. The quantitative estimate of drug-likeness (QED) is 0.834. The van der Waals surface area contributed by atoms with Crippen LogP contribution in [0.1, 0.15) is 51.4 Å². The van der Waals surface area contributed by atoms with E-state index in [1.165, 1.54) is 0 Å². The second-order valence-corrected chi connectivity index (χ2v) is 6.03. The summed E-state index contributed by atoms with van der Waals surface area (Å²) in [5.74, 6) is 3.44. The van der Waals surface area contributed by atoms with E-state index in [2.05, 4.69) is 49.0 Å². The van der Waals surface area contributed by atoms with Crippen molar-refractivity contribution in [2.24, 2.45) is 5.92 Å². The van der Waals surface area contributed by atoms with Gasteiger partial charge in [0.1, 0.15) is 17.5 Å². The fourth-order valence-corrected chi connectivity index (χ4v) is 2.24. The van der Waals surface area contributed by atoms with Crippen LogP contribution in [0, 0.1) is 24.2 Å². The van der Waals surface area contributed by atoms with Crippen LogP contribution in [0.3, 0.4) is 0 Å². The van der Waals surface area contributed by atoms with Gasteiger partial charge in [-0.25, -0.2) is 9.97 Å². The summed E-state index contributed by atoms with van der Waals surface area (Å²) in [7, 11) is 1.88. The first-order chi connectivity index (χ1) is 9.90. The molecule has 1 heterocycles. The van der Waals surface area contributed by atoms with E-state index in [-0.39, 0.29) is 5.92 Å². The summed E-state index contributed by atoms with van der Waals surface area (Å²) in [6, 6.07) is 2.23. The maximum atomic E-state index is 8.89. The Labute approximate surface area is 128 Å². The summed E-state index contributed by atoms with van der Waals surface area (Å²) < 4.78 is 0. The molecule has 1 aromatic heterocycles. The molecule has 0 aliphatic rings. The summed E-state index contributed by atoms with van der Waals surface area (Å²) in [6.45, 7) is 12.2. The van der Waals surface area contributed by atoms with Gasteiger partial charge in [0.15, 0.2) is 0 Å². The molecule has 0 saturated heterocycles. The minimum Gasteiger partial charge on any atom is -0.373 e. The van der Waals surface area contributed by atoms with Crippen molar-refractivity contribution in [2.75, 3.05) is 30.4 Å². The molecule has 0 atom stereocenters. The average Bonchev–Trinajstić information content (AvgIpc) is 2.43. The van der Waals surface area contributed by atoms with Crippen molar-refractivity contribution < 1.29 is 0 Å². The molecular weight excluding hydrogens is 262 g/mol. The molecule has 0 aliphatic carbocycles. The van der Waals surface area contributed by atoms with E-state index in [1.807, 2.05) is 14.0 Å². The molecule has 5 nitrogen and oxygen atoms in total. The highest BCUT2D eigenvalue weighted by atomic mass is 15.2. The van der Waals surface area contributed by atoms with Crippen LogP contribution in [0.2, 0.25) is 0 Å². The highest BCUT2D eigenvalue weighted by Crippen LogP contribution is 2.26. The summed E-state index contributed by atoms with van der Waals surface area (Å²) >= 11 is 0. The fraction of sp³-hybridized carbons (Fsp3) is 0.688. The lowest BCUT2D eigenvalue weighted by atomic mass is 10.1. The average molecular weight is 289 g/mol. The lowest BCUT2D eigenvalue weighted by Gasteiger charge is -2.27. The Morgan fingerprint density at radius 1 is 1.24 bits per heavy atom. The van der Waals surface area contributed by atoms with Crippen molar-refractivity contribution in [2.45, 2.75) is 47.0 Å². The first-order valence-corrected chi connectivity index (χ1v) is 7.58. The Balaban J connectivity index is 3.27. The van der Waals surface area contributed by atoms with Crippen LogP contribution in [0.5, 0.6) is 0 Å². The van der Waals surface area contributed by atoms with Gasteiger partial charge in [0, 0.05) is 31.6 Å². The zero-order chi connectivity index (χ0) is 16.0. The second-order valence-electron chi connectivity index (χ2n) is 6.03. The molecular formula is C16H27N5. The maximum absolute atomic E-state index is 8.89. The van der Waals surface area contributed by atoms with Gasteiger partial charge in [-0.1, -0.05) is 27.7 Å². The van der Waals surface area contributed by atoms with Gasteiger partial charge in [-0.3, -0.25) is 0 Å². The minimum absolute atomic E-state index is 0.272. The molecule has 1 N–H and O–H groups in total. The predicted molar refractivity (Wildman–Crippen MR) is 87.7 cm³/mol. The van der Waals surface area contributed by atoms with Gasteiger partial charge in [-0.15, -0.1) is 0 Å². The van der Waals surface area contributed by atoms with Crippen molar-refractivity contribution in [3.05, 3.63) is 11.4 Å². The molecule has 1 aromatic rings. The van der Waals surface area contributed by atoms with Crippen molar-refractivity contribution in [1.29, 1.82) is 5.26 Å². The zero-order valence-corrected chi connectivity index (χ0v) is 14.1. The van der Waals surface area contributed by atoms with Crippen molar-refractivity contribution in [3.63, 3.8) is 0 Å². The highest BCUT2D eigenvalue weighted by Gasteiger charge is 2.18. The third kappa shape index (κ3) is 4.59. The molecule has 0 aromatic carbocycles. The van der Waals surface area contributed by atoms with E-state index in [0.29, 0.717) is 18.9 Å². The van der Waals surface area contributed by atoms with E-state index in [9.17, 15) is 0 Å². The van der Waals surface area contributed by atoms with E-state index in [1.54, 1.807) is 0 Å². The highest BCUT2D eigenvalue weighted by molar-refractivity contribution is 5.58. The van der Waals surface area contributed by atoms with E-state index in [4.69, 9.17) is 10.2 Å². The van der Waals surface area contributed by atoms with E-state index < -0.39 is 0 Å². The van der Waals surface area contributed by atoms with Crippen LogP contribution >= 0.6 is 0 Å². The smallest absolute Gasteiger partial charge is 0.137 e. The third-order valence-corrected chi connectivity index (χ3v) is 3.27. The first kappa shape index (κ1) is 17.2. The molecule has 0 aliphatic heterocycles. The van der Waals surface area contributed by atoms with Gasteiger partial charge in [-0.2, -0.15) is 5.26 Å². The number of hydrogen-bond acceptors (Lipinski definition) is 5. The minimum atomic E-state index is 0.272. The molecule has 1 rings (SSSR count). The second kappa shape index (κ2) is 7.82. The van der Waals surface area contributed by atoms with Crippen LogP contribution in [-0.2, 0) is 0 Å². The number of rotatable bonds is 7. The molecule has 0 amide bonds. The number of nitriles is 1. The SMILES string of the molecule is CNc1nc(C(C)C)nc(N(CCC#N)CC(C)C)c1C. The van der Waals surface area contributed by atoms with E-state index in [0.717, 1.165) is 29.6 Å². The third-order valence-electron chi connectivity index (χ3n) is 3.27. The molecule has 116 valence electrons. The van der Waals surface area contributed by atoms with Gasteiger partial charge in [0.25, 0.3) is 0 Å². The molecule has 21 heavy (non-hydrogen) atoms. The predicted octanol–water partition coefficient (Wildman–Crippen LogP) is 3.33. The monoisotopic (exact) mass is 289 g/mol. The summed E-state index contributed by atoms with van der Waals surface area (Å²) in [5.41, 5.74) is 1.04. The topological polar surface area (TPSA) is 64.8 Å². The normalized spacial score (nSPS) is 10.8. The number of hydrogen-bond donors (Lipinski definition) is 1. The lowest BCUT2D eigenvalue weighted by molar-refractivity contribution is 0.603. The van der Waals surface area contributed by atoms with Crippen molar-refractivity contribution in [3.8, 4) is 6.07 Å². The van der Waals surface area contributed by atoms with Gasteiger partial charge < -0.3 is 10.2 Å². The molecule has 0 saturated carbocycles. The number of nitrogens with zero attached hydrogens (tertiary/aromatic N) is 4. The molecule has 0 radical (unpaired) electrons. The van der Waals surface area contributed by atoms with Gasteiger partial charge in [0.05, 0.1) is 12.5 Å². The first-order valence-electron chi connectivity index (χ1n) is 7.58. The standard InChI is InChI=1S/C16H27N5/c1-11(2)10-21(9-7-8-17)16-13(5)15(18-6)19-14(20-16)12(3)4/h11-12H,7,9-10H2,1-6H3,(H,18,19,20). The summed E-state index contributed by atoms with van der Waals surface area (Å²) in [6.07, 6.45) is 0.502. The van der Waals surface area contributed by atoms with Gasteiger partial charge in [-0.05, 0) is 12.8 Å². The molecule has 0 unspecified atom stereocenters. The Bertz CT molecular complexity index is 502. The van der Waals surface area contributed by atoms with Crippen LogP contribution in [0.25, 0.3) is 0 Å². The Kier molecular flexibility index (Phi) is 6.41. The van der Waals surface area contributed by atoms with Gasteiger partial charge in [0.2, 0.25) is 0 Å². The zero-order valence-electron chi connectivity index (χ0n) is 14.1. The van der Waals surface area contributed by atoms with Crippen molar-refractivity contribution in [1.82, 2.24) is 9.97 Å². The van der Waals surface area contributed by atoms with Crippen LogP contribution in [0.4, 0.5) is 11.6 Å². The Morgan fingerprint density at radius 2 is 1.90 bits per heavy atom. The van der Waals surface area contributed by atoms with Crippen LogP contribution < -0.4 is 10.2 Å². The molecule has 0 spiro atoms. The largest absolute Gasteiger partial charge is 0.373 e. The maximum Gasteiger partial charge on any atom is 0.137 e. The fourth-order valence-electron chi connectivity index (χ4n) is 2.24. The lowest BCUT2D eigenvalue weighted by Crippen LogP contribution is -2.31. The Hall–Kier alpha value is -1.83.